The van der Waals surface area contributed by atoms with Gasteiger partial charge in [-0.1, -0.05) is 18.2 Å². The van der Waals surface area contributed by atoms with E-state index in [0.29, 0.717) is 11.3 Å². The van der Waals surface area contributed by atoms with E-state index in [1.54, 1.807) is 4.57 Å². The monoisotopic (exact) mass is 436 g/mol. The molecule has 0 bridgehead atoms. The van der Waals surface area contributed by atoms with Crippen molar-refractivity contribution >= 4 is 23.3 Å². The molecule has 2 heterocycles. The summed E-state index contributed by atoms with van der Waals surface area (Å²) in [4.78, 5) is 31.1. The number of hydrazone groups is 1. The van der Waals surface area contributed by atoms with Crippen molar-refractivity contribution < 1.29 is 14.9 Å². The number of aromatic amines is 1. The number of para-hydroxylation sites is 1. The summed E-state index contributed by atoms with van der Waals surface area (Å²) in [5.41, 5.74) is 2.30. The normalized spacial score (nSPS) is 11.3. The maximum Gasteiger partial charge on any atom is 0.329 e. The summed E-state index contributed by atoms with van der Waals surface area (Å²) in [5, 5.41) is 23.3. The molecule has 0 saturated carbocycles. The van der Waals surface area contributed by atoms with Crippen molar-refractivity contribution in [1.29, 1.82) is 0 Å². The van der Waals surface area contributed by atoms with Crippen molar-refractivity contribution in [3.63, 3.8) is 0 Å². The lowest BCUT2D eigenvalue weighted by Gasteiger charge is -2.10. The Bertz CT molecular complexity index is 1400. The molecular weight excluding hydrogens is 416 g/mol. The molecule has 0 fully saturated rings. The van der Waals surface area contributed by atoms with E-state index >= 15 is 0 Å². The Morgan fingerprint density at radius 2 is 1.97 bits per heavy atom. The van der Waals surface area contributed by atoms with Crippen molar-refractivity contribution in [3.8, 4) is 17.2 Å². The lowest BCUT2D eigenvalue weighted by atomic mass is 10.2. The Hall–Kier alpha value is -4.54. The van der Waals surface area contributed by atoms with Crippen LogP contribution in [0.4, 0.5) is 5.95 Å². The molecule has 4 N–H and O–H groups in total. The van der Waals surface area contributed by atoms with Gasteiger partial charge in [0.15, 0.2) is 11.2 Å². The molecule has 0 atom stereocenters. The molecule has 2 aromatic carbocycles. The van der Waals surface area contributed by atoms with E-state index in [-0.39, 0.29) is 41.8 Å². The van der Waals surface area contributed by atoms with Gasteiger partial charge in [0.2, 0.25) is 5.95 Å². The molecule has 0 unspecified atom stereocenters. The largest absolute Gasteiger partial charge is 0.508 e. The second kappa shape index (κ2) is 8.68. The molecule has 0 radical (unpaired) electrons. The van der Waals surface area contributed by atoms with Crippen LogP contribution >= 0.6 is 0 Å². The molecular formula is C21H20N6O5. The first-order chi connectivity index (χ1) is 15.4. The van der Waals surface area contributed by atoms with Gasteiger partial charge in [-0.05, 0) is 24.3 Å². The van der Waals surface area contributed by atoms with Gasteiger partial charge in [0.1, 0.15) is 23.9 Å². The van der Waals surface area contributed by atoms with Crippen LogP contribution in [0.5, 0.6) is 17.2 Å². The highest BCUT2D eigenvalue weighted by molar-refractivity contribution is 5.84. The highest BCUT2D eigenvalue weighted by atomic mass is 16.5. The first-order valence-electron chi connectivity index (χ1n) is 9.62. The van der Waals surface area contributed by atoms with E-state index in [2.05, 4.69) is 20.5 Å². The summed E-state index contributed by atoms with van der Waals surface area (Å²) < 4.78 is 8.51. The molecule has 164 valence electrons. The first kappa shape index (κ1) is 20.7. The van der Waals surface area contributed by atoms with Crippen LogP contribution < -0.4 is 21.4 Å². The number of hydrogen-bond acceptors (Lipinski definition) is 8. The van der Waals surface area contributed by atoms with Gasteiger partial charge in [0.05, 0.1) is 12.8 Å². The zero-order valence-corrected chi connectivity index (χ0v) is 17.0. The number of anilines is 1. The van der Waals surface area contributed by atoms with Crippen LogP contribution in [0.2, 0.25) is 0 Å². The molecule has 2 aromatic heterocycles. The zero-order valence-electron chi connectivity index (χ0n) is 17.0. The van der Waals surface area contributed by atoms with Crippen molar-refractivity contribution in [2.24, 2.45) is 12.1 Å². The zero-order chi connectivity index (χ0) is 22.7. The summed E-state index contributed by atoms with van der Waals surface area (Å²) in [7, 11) is 1.50. The van der Waals surface area contributed by atoms with E-state index in [1.165, 1.54) is 36.0 Å². The number of H-pyrrole nitrogens is 1. The van der Waals surface area contributed by atoms with Crippen LogP contribution in [-0.2, 0) is 13.6 Å². The number of nitrogens with one attached hydrogen (secondary N) is 2. The Morgan fingerprint density at radius 3 is 2.72 bits per heavy atom. The van der Waals surface area contributed by atoms with E-state index in [1.807, 2.05) is 30.3 Å². The van der Waals surface area contributed by atoms with Gasteiger partial charge in [-0.15, -0.1) is 0 Å². The number of aromatic nitrogens is 4. The van der Waals surface area contributed by atoms with Gasteiger partial charge in [0.25, 0.3) is 5.56 Å². The number of benzene rings is 2. The molecule has 11 heteroatoms. The molecule has 4 aromatic rings. The number of aryl methyl sites for hydroxylation is 1. The van der Waals surface area contributed by atoms with Crippen molar-refractivity contribution in [1.82, 2.24) is 19.1 Å². The van der Waals surface area contributed by atoms with E-state index in [9.17, 15) is 19.8 Å². The second-order valence-electron chi connectivity index (χ2n) is 6.85. The van der Waals surface area contributed by atoms with Crippen molar-refractivity contribution in [3.05, 3.63) is 74.9 Å². The van der Waals surface area contributed by atoms with Crippen molar-refractivity contribution in [2.75, 3.05) is 12.0 Å². The van der Waals surface area contributed by atoms with E-state index in [4.69, 9.17) is 4.74 Å². The van der Waals surface area contributed by atoms with Gasteiger partial charge in [-0.2, -0.15) is 10.1 Å². The average molecular weight is 436 g/mol. The SMILES string of the molecule is Cn1c(=O)[nH]c(=O)c2c1nc(NN=Cc1ccc(O)cc1O)n2CCOc1ccccc1. The summed E-state index contributed by atoms with van der Waals surface area (Å²) in [5.74, 6) is 0.651. The van der Waals surface area contributed by atoms with Crippen molar-refractivity contribution in [2.45, 2.75) is 6.54 Å². The fourth-order valence-corrected chi connectivity index (χ4v) is 3.11. The van der Waals surface area contributed by atoms with Gasteiger partial charge in [-0.3, -0.25) is 18.9 Å². The van der Waals surface area contributed by atoms with Crippen LogP contribution in [0, 0.1) is 0 Å². The van der Waals surface area contributed by atoms with Crippen LogP contribution in [0.15, 0.2) is 63.2 Å². The molecule has 0 aliphatic carbocycles. The highest BCUT2D eigenvalue weighted by Gasteiger charge is 2.17. The Kier molecular flexibility index (Phi) is 5.62. The molecule has 0 saturated heterocycles. The number of imidazole rings is 1. The number of rotatable bonds is 7. The smallest absolute Gasteiger partial charge is 0.329 e. The fourth-order valence-electron chi connectivity index (χ4n) is 3.11. The number of phenolic OH excluding ortho intramolecular Hbond substituents is 2. The van der Waals surface area contributed by atoms with Crippen LogP contribution in [0.1, 0.15) is 5.56 Å². The summed E-state index contributed by atoms with van der Waals surface area (Å²) in [6, 6.07) is 13.3. The Morgan fingerprint density at radius 1 is 1.19 bits per heavy atom. The average Bonchev–Trinajstić information content (AvgIpc) is 3.13. The number of aromatic hydroxyl groups is 2. The molecule has 11 nitrogen and oxygen atoms in total. The molecule has 0 aliphatic rings. The molecule has 4 rings (SSSR count). The maximum absolute atomic E-state index is 12.5. The van der Waals surface area contributed by atoms with Gasteiger partial charge in [-0.25, -0.2) is 10.2 Å². The summed E-state index contributed by atoms with van der Waals surface area (Å²) in [6.07, 6.45) is 1.34. The molecule has 0 spiro atoms. The quantitative estimate of drug-likeness (QED) is 0.253. The van der Waals surface area contributed by atoms with E-state index < -0.39 is 11.2 Å². The van der Waals surface area contributed by atoms with Gasteiger partial charge >= 0.3 is 5.69 Å². The fraction of sp³-hybridized carbons (Fsp3) is 0.143. The summed E-state index contributed by atoms with van der Waals surface area (Å²) >= 11 is 0. The summed E-state index contributed by atoms with van der Waals surface area (Å²) in [6.45, 7) is 0.476. The topological polar surface area (TPSA) is 147 Å². The lowest BCUT2D eigenvalue weighted by molar-refractivity contribution is 0.301. The minimum atomic E-state index is -0.586. The number of fused-ring (bicyclic) bond motifs is 1. The Balaban J connectivity index is 1.65. The maximum atomic E-state index is 12.5. The minimum absolute atomic E-state index is 0.0760. The predicted molar refractivity (Wildman–Crippen MR) is 119 cm³/mol. The van der Waals surface area contributed by atoms with Gasteiger partial charge in [0, 0.05) is 18.7 Å². The van der Waals surface area contributed by atoms with Crippen LogP contribution in [0.25, 0.3) is 11.2 Å². The number of ether oxygens (including phenoxy) is 1. The second-order valence-corrected chi connectivity index (χ2v) is 6.85. The molecule has 32 heavy (non-hydrogen) atoms. The minimum Gasteiger partial charge on any atom is -0.508 e. The van der Waals surface area contributed by atoms with Crippen LogP contribution in [-0.4, -0.2) is 42.1 Å². The van der Waals surface area contributed by atoms with E-state index in [0.717, 1.165) is 0 Å². The highest BCUT2D eigenvalue weighted by Crippen LogP contribution is 2.21. The lowest BCUT2D eigenvalue weighted by Crippen LogP contribution is -2.29. The third-order valence-electron chi connectivity index (χ3n) is 4.72. The molecule has 0 amide bonds. The van der Waals surface area contributed by atoms with Crippen LogP contribution in [0.3, 0.4) is 0 Å². The number of hydrogen-bond donors (Lipinski definition) is 4. The third kappa shape index (κ3) is 4.17. The number of phenols is 2. The predicted octanol–water partition coefficient (Wildman–Crippen LogP) is 1.36. The third-order valence-corrected chi connectivity index (χ3v) is 4.72. The number of nitrogens with zero attached hydrogens (tertiary/aromatic N) is 4. The Labute approximate surface area is 180 Å². The molecule has 0 aliphatic heterocycles. The standard InChI is InChI=1S/C21H20N6O5/c1-26-18-17(19(30)24-21(26)31)27(9-10-32-15-5-3-2-4-6-15)20(23-18)25-22-12-13-7-8-14(28)11-16(13)29/h2-8,11-12,28-29H,9-10H2,1H3,(H,23,25)(H,24,30,31). The van der Waals surface area contributed by atoms with Gasteiger partial charge < -0.3 is 14.9 Å². The first-order valence-corrected chi connectivity index (χ1v) is 9.62.